The van der Waals surface area contributed by atoms with Gasteiger partial charge in [0, 0.05) is 17.2 Å². The van der Waals surface area contributed by atoms with Crippen LogP contribution in [0.3, 0.4) is 0 Å². The van der Waals surface area contributed by atoms with Gasteiger partial charge in [0.05, 0.1) is 0 Å². The van der Waals surface area contributed by atoms with Crippen LogP contribution in [-0.4, -0.2) is 0 Å². The Balaban J connectivity index is 0.00000256. The second kappa shape index (κ2) is 10.3. The van der Waals surface area contributed by atoms with Gasteiger partial charge in [0.1, 0.15) is 11.6 Å². The Hall–Kier alpha value is -0.736. The number of benzene rings is 2. The molecule has 2 aliphatic carbocycles. The summed E-state index contributed by atoms with van der Waals surface area (Å²) in [6, 6.07) is 6.33. The molecule has 0 unspecified atom stereocenters. The molecule has 2 fully saturated rings. The fraction of sp³-hybridized carbons (Fsp3) is 0.520. The standard InChI is InChI=1S/C25H27F4.Y/c1-15-2-4-16(5-3-15)17-6-8-18(9-7-17)19-12-23(28)25(24(29)13-19)20-10-21(26)14-22(27)11-20;/h10-13,15-18H,2-9H2,1H3;/q-1;+3. The summed E-state index contributed by atoms with van der Waals surface area (Å²) >= 11 is 0. The molecule has 2 aliphatic rings. The van der Waals surface area contributed by atoms with Gasteiger partial charge in [-0.05, 0) is 79.9 Å². The molecule has 0 aliphatic heterocycles. The van der Waals surface area contributed by atoms with Crippen LogP contribution < -0.4 is 0 Å². The molecule has 30 heavy (non-hydrogen) atoms. The normalized spacial score (nSPS) is 26.8. The van der Waals surface area contributed by atoms with Crippen molar-refractivity contribution >= 4 is 0 Å². The van der Waals surface area contributed by atoms with Crippen molar-refractivity contribution in [3.8, 4) is 11.1 Å². The molecule has 0 nitrogen and oxygen atoms in total. The largest absolute Gasteiger partial charge is 3.00 e. The van der Waals surface area contributed by atoms with Crippen LogP contribution in [0, 0.1) is 47.1 Å². The van der Waals surface area contributed by atoms with Gasteiger partial charge in [-0.2, -0.15) is 0 Å². The molecule has 4 rings (SSSR count). The fourth-order valence-corrected chi connectivity index (χ4v) is 5.43. The minimum absolute atomic E-state index is 0. The monoisotopic (exact) mass is 492 g/mol. The molecule has 0 N–H and O–H groups in total. The van der Waals surface area contributed by atoms with Crippen LogP contribution in [0.15, 0.2) is 24.3 Å². The maximum absolute atomic E-state index is 14.7. The first kappa shape index (κ1) is 23.9. The molecule has 5 heteroatoms. The summed E-state index contributed by atoms with van der Waals surface area (Å²) < 4.78 is 56.3. The van der Waals surface area contributed by atoms with Crippen molar-refractivity contribution in [2.45, 2.75) is 64.2 Å². The minimum atomic E-state index is -0.974. The predicted molar refractivity (Wildman–Crippen MR) is 106 cm³/mol. The van der Waals surface area contributed by atoms with Gasteiger partial charge in [-0.3, -0.25) is 0 Å². The second-order valence-corrected chi connectivity index (χ2v) is 9.06. The summed E-state index contributed by atoms with van der Waals surface area (Å²) in [6.07, 6.45) is 9.38. The summed E-state index contributed by atoms with van der Waals surface area (Å²) in [5, 5.41) is 0. The maximum Gasteiger partial charge on any atom is 3.00 e. The van der Waals surface area contributed by atoms with Gasteiger partial charge < -0.3 is 0 Å². The zero-order valence-electron chi connectivity index (χ0n) is 17.4. The molecule has 0 saturated heterocycles. The van der Waals surface area contributed by atoms with E-state index in [0.717, 1.165) is 55.6 Å². The zero-order chi connectivity index (χ0) is 20.5. The first-order valence-corrected chi connectivity index (χ1v) is 10.8. The Morgan fingerprint density at radius 2 is 1.17 bits per heavy atom. The van der Waals surface area contributed by atoms with Crippen molar-refractivity contribution in [2.24, 2.45) is 17.8 Å². The topological polar surface area (TPSA) is 0 Å². The summed E-state index contributed by atoms with van der Waals surface area (Å²) in [6.45, 7) is 2.33. The van der Waals surface area contributed by atoms with Gasteiger partial charge in [0.15, 0.2) is 0 Å². The average molecular weight is 492 g/mol. The molecule has 2 aromatic carbocycles. The Labute approximate surface area is 201 Å². The van der Waals surface area contributed by atoms with Gasteiger partial charge >= 0.3 is 32.7 Å². The van der Waals surface area contributed by atoms with Gasteiger partial charge in [0.25, 0.3) is 0 Å². The third-order valence-electron chi connectivity index (χ3n) is 7.13. The quantitative estimate of drug-likeness (QED) is 0.303. The Bertz CT molecular complexity index is 822. The number of rotatable bonds is 3. The van der Waals surface area contributed by atoms with Gasteiger partial charge in [-0.15, -0.1) is 23.8 Å². The van der Waals surface area contributed by atoms with Crippen molar-refractivity contribution in [3.63, 3.8) is 0 Å². The van der Waals surface area contributed by atoms with Gasteiger partial charge in [-0.1, -0.05) is 19.8 Å². The Kier molecular flexibility index (Phi) is 8.18. The number of halogens is 4. The molecule has 0 aromatic heterocycles. The van der Waals surface area contributed by atoms with E-state index in [2.05, 4.69) is 6.92 Å². The molecular formula is C25H27F4Y+2. The van der Waals surface area contributed by atoms with Crippen LogP contribution in [-0.2, 0) is 32.7 Å². The first-order valence-electron chi connectivity index (χ1n) is 10.8. The van der Waals surface area contributed by atoms with E-state index in [1.165, 1.54) is 37.8 Å². The third kappa shape index (κ3) is 5.35. The minimum Gasteiger partial charge on any atom is -0.236 e. The molecule has 0 atom stereocenters. The van der Waals surface area contributed by atoms with E-state index in [0.29, 0.717) is 5.56 Å². The maximum atomic E-state index is 14.7. The van der Waals surface area contributed by atoms with Crippen LogP contribution in [0.1, 0.15) is 69.8 Å². The molecule has 156 valence electrons. The van der Waals surface area contributed by atoms with E-state index in [1.807, 2.05) is 6.07 Å². The van der Waals surface area contributed by atoms with Gasteiger partial charge in [-0.25, -0.2) is 17.6 Å². The van der Waals surface area contributed by atoms with E-state index in [9.17, 15) is 17.6 Å². The van der Waals surface area contributed by atoms with E-state index in [4.69, 9.17) is 0 Å². The summed E-state index contributed by atoms with van der Waals surface area (Å²) in [5.74, 6) is -0.957. The Morgan fingerprint density at radius 1 is 0.700 bits per heavy atom. The van der Waals surface area contributed by atoms with Crippen LogP contribution in [0.5, 0.6) is 0 Å². The molecule has 0 heterocycles. The van der Waals surface area contributed by atoms with Crippen LogP contribution in [0.25, 0.3) is 11.1 Å². The average Bonchev–Trinajstić information content (AvgIpc) is 2.67. The van der Waals surface area contributed by atoms with Crippen LogP contribution >= 0.6 is 0 Å². The predicted octanol–water partition coefficient (Wildman–Crippen LogP) is 7.81. The second-order valence-electron chi connectivity index (χ2n) is 9.06. The van der Waals surface area contributed by atoms with E-state index in [1.54, 1.807) is 0 Å². The van der Waals surface area contributed by atoms with Crippen molar-refractivity contribution in [3.05, 3.63) is 59.2 Å². The molecule has 0 amide bonds. The SMILES string of the molecule is CC1CCC(C2CCC(c3cc(F)c(-c4cc(F)[c-]c(F)c4)c(F)c3)CC2)CC1.[Y+3]. The summed E-state index contributed by atoms with van der Waals surface area (Å²) in [5.41, 5.74) is 0.129. The van der Waals surface area contributed by atoms with Crippen molar-refractivity contribution in [2.75, 3.05) is 0 Å². The van der Waals surface area contributed by atoms with Crippen molar-refractivity contribution in [1.82, 2.24) is 0 Å². The number of hydrogen-bond acceptors (Lipinski definition) is 0. The molecule has 2 aromatic rings. The van der Waals surface area contributed by atoms with Crippen molar-refractivity contribution in [1.29, 1.82) is 0 Å². The fourth-order valence-electron chi connectivity index (χ4n) is 5.43. The summed E-state index contributed by atoms with van der Waals surface area (Å²) in [7, 11) is 0. The van der Waals surface area contributed by atoms with E-state index in [-0.39, 0.29) is 49.8 Å². The molecule has 0 bridgehead atoms. The van der Waals surface area contributed by atoms with Gasteiger partial charge in [0.2, 0.25) is 0 Å². The molecule has 0 spiro atoms. The molecule has 2 saturated carbocycles. The number of hydrogen-bond donors (Lipinski definition) is 0. The summed E-state index contributed by atoms with van der Waals surface area (Å²) in [4.78, 5) is 0. The van der Waals surface area contributed by atoms with E-state index < -0.39 is 23.3 Å². The zero-order valence-corrected chi connectivity index (χ0v) is 20.2. The van der Waals surface area contributed by atoms with Crippen LogP contribution in [0.4, 0.5) is 17.6 Å². The molecular weight excluding hydrogens is 465 g/mol. The molecule has 0 radical (unpaired) electrons. The smallest absolute Gasteiger partial charge is 0.236 e. The first-order chi connectivity index (χ1) is 13.9. The Morgan fingerprint density at radius 3 is 1.67 bits per heavy atom. The van der Waals surface area contributed by atoms with Crippen molar-refractivity contribution < 1.29 is 50.3 Å². The van der Waals surface area contributed by atoms with E-state index >= 15 is 0 Å². The third-order valence-corrected chi connectivity index (χ3v) is 7.13. The van der Waals surface area contributed by atoms with Crippen LogP contribution in [0.2, 0.25) is 0 Å².